The molecule has 1 aromatic carbocycles. The molecule has 1 N–H and O–H groups in total. The van der Waals surface area contributed by atoms with Crippen LogP contribution in [0.2, 0.25) is 0 Å². The van der Waals surface area contributed by atoms with Crippen LogP contribution in [-0.2, 0) is 19.3 Å². The van der Waals surface area contributed by atoms with E-state index >= 15 is 0 Å². The summed E-state index contributed by atoms with van der Waals surface area (Å²) in [6.07, 6.45) is 1.77. The maximum absolute atomic E-state index is 13.0. The van der Waals surface area contributed by atoms with Crippen LogP contribution in [0, 0.1) is 5.82 Å². The third kappa shape index (κ3) is 3.53. The Bertz CT molecular complexity index is 1000. The van der Waals surface area contributed by atoms with Gasteiger partial charge in [0.05, 0.1) is 5.75 Å². The molecule has 0 bridgehead atoms. The van der Waals surface area contributed by atoms with Crippen molar-refractivity contribution >= 4 is 22.9 Å². The molecule has 0 radical (unpaired) electrons. The van der Waals surface area contributed by atoms with Gasteiger partial charge in [-0.15, -0.1) is 11.8 Å². The molecular weight excluding hydrogens is 343 g/mol. The molecule has 0 amide bonds. The second kappa shape index (κ2) is 7.26. The molecule has 0 saturated carbocycles. The van der Waals surface area contributed by atoms with Crippen LogP contribution in [0.5, 0.6) is 0 Å². The lowest BCUT2D eigenvalue weighted by Crippen LogP contribution is -2.31. The predicted octanol–water partition coefficient (Wildman–Crippen LogP) is 2.65. The number of halogens is 1. The summed E-state index contributed by atoms with van der Waals surface area (Å²) in [7, 11) is 1.76. The van der Waals surface area contributed by atoms with Crippen molar-refractivity contribution < 1.29 is 4.39 Å². The molecule has 0 fully saturated rings. The van der Waals surface area contributed by atoms with Gasteiger partial charge in [-0.1, -0.05) is 13.3 Å². The van der Waals surface area contributed by atoms with E-state index in [0.717, 1.165) is 17.7 Å². The minimum absolute atomic E-state index is 0.279. The van der Waals surface area contributed by atoms with E-state index < -0.39 is 11.2 Å². The second-order valence-electron chi connectivity index (χ2n) is 5.77. The maximum atomic E-state index is 13.0. The molecule has 3 rings (SSSR count). The molecule has 2 aromatic heterocycles. The van der Waals surface area contributed by atoms with Gasteiger partial charge in [-0.05, 0) is 30.7 Å². The molecule has 8 heteroatoms. The zero-order valence-corrected chi connectivity index (χ0v) is 14.9. The fourth-order valence-electron chi connectivity index (χ4n) is 2.62. The molecule has 0 aliphatic rings. The number of H-pyrrole nitrogens is 1. The summed E-state index contributed by atoms with van der Waals surface area (Å²) < 4.78 is 16.2. The van der Waals surface area contributed by atoms with Crippen molar-refractivity contribution in [1.29, 1.82) is 0 Å². The SMILES string of the molecule is CCCCn1c(=O)[nH]c(=O)c2c1nc(CSc1ccc(F)cc1)n2C. The van der Waals surface area contributed by atoms with E-state index in [-0.39, 0.29) is 5.82 Å². The number of aromatic nitrogens is 4. The highest BCUT2D eigenvalue weighted by Crippen LogP contribution is 2.23. The average molecular weight is 362 g/mol. The minimum atomic E-state index is -0.430. The minimum Gasteiger partial charge on any atom is -0.325 e. The summed E-state index contributed by atoms with van der Waals surface area (Å²) in [6, 6.07) is 6.22. The first-order valence-electron chi connectivity index (χ1n) is 8.08. The Kier molecular flexibility index (Phi) is 5.08. The molecule has 0 saturated heterocycles. The number of unbranched alkanes of at least 4 members (excludes halogenated alkanes) is 1. The molecule has 0 aliphatic carbocycles. The number of benzene rings is 1. The van der Waals surface area contributed by atoms with E-state index in [2.05, 4.69) is 9.97 Å². The molecule has 0 unspecified atom stereocenters. The molecule has 0 aliphatic heterocycles. The van der Waals surface area contributed by atoms with E-state index in [1.54, 1.807) is 23.7 Å². The first-order chi connectivity index (χ1) is 12.0. The lowest BCUT2D eigenvalue weighted by molar-refractivity contribution is 0.613. The first kappa shape index (κ1) is 17.5. The summed E-state index contributed by atoms with van der Waals surface area (Å²) in [5, 5.41) is 0. The Morgan fingerprint density at radius 3 is 2.64 bits per heavy atom. The van der Waals surface area contributed by atoms with Gasteiger partial charge in [0, 0.05) is 18.5 Å². The van der Waals surface area contributed by atoms with Gasteiger partial charge in [0.1, 0.15) is 11.6 Å². The lowest BCUT2D eigenvalue weighted by Gasteiger charge is -2.04. The number of hydrogen-bond donors (Lipinski definition) is 1. The van der Waals surface area contributed by atoms with Crippen LogP contribution >= 0.6 is 11.8 Å². The fourth-order valence-corrected chi connectivity index (χ4v) is 3.51. The van der Waals surface area contributed by atoms with Crippen LogP contribution in [0.25, 0.3) is 11.2 Å². The van der Waals surface area contributed by atoms with Crippen molar-refractivity contribution in [3.63, 3.8) is 0 Å². The Hall–Kier alpha value is -2.35. The monoisotopic (exact) mass is 362 g/mol. The number of aryl methyl sites for hydroxylation is 2. The van der Waals surface area contributed by atoms with Crippen molar-refractivity contribution in [2.45, 2.75) is 37.0 Å². The maximum Gasteiger partial charge on any atom is 0.330 e. The van der Waals surface area contributed by atoms with Gasteiger partial charge in [0.25, 0.3) is 5.56 Å². The van der Waals surface area contributed by atoms with Crippen LogP contribution in [-0.4, -0.2) is 19.1 Å². The Labute approximate surface area is 147 Å². The van der Waals surface area contributed by atoms with Crippen LogP contribution in [0.15, 0.2) is 38.8 Å². The number of aromatic amines is 1. The smallest absolute Gasteiger partial charge is 0.325 e. The predicted molar refractivity (Wildman–Crippen MR) is 96.5 cm³/mol. The number of hydrogen-bond acceptors (Lipinski definition) is 4. The van der Waals surface area contributed by atoms with Gasteiger partial charge in [0.2, 0.25) is 0 Å². The summed E-state index contributed by atoms with van der Waals surface area (Å²) in [4.78, 5) is 32.1. The third-order valence-corrected chi connectivity index (χ3v) is 5.03. The Morgan fingerprint density at radius 1 is 1.24 bits per heavy atom. The Morgan fingerprint density at radius 2 is 1.96 bits per heavy atom. The molecule has 132 valence electrons. The van der Waals surface area contributed by atoms with Crippen molar-refractivity contribution in [3.05, 3.63) is 56.7 Å². The van der Waals surface area contributed by atoms with Gasteiger partial charge >= 0.3 is 5.69 Å². The van der Waals surface area contributed by atoms with Crippen molar-refractivity contribution in [2.24, 2.45) is 7.05 Å². The zero-order valence-electron chi connectivity index (χ0n) is 14.1. The first-order valence-corrected chi connectivity index (χ1v) is 9.06. The summed E-state index contributed by atoms with van der Waals surface area (Å²) in [6.45, 7) is 2.56. The highest BCUT2D eigenvalue weighted by atomic mass is 32.2. The van der Waals surface area contributed by atoms with E-state index in [1.165, 1.54) is 28.5 Å². The summed E-state index contributed by atoms with van der Waals surface area (Å²) >= 11 is 1.50. The van der Waals surface area contributed by atoms with E-state index in [1.807, 2.05) is 6.92 Å². The zero-order chi connectivity index (χ0) is 18.0. The van der Waals surface area contributed by atoms with Gasteiger partial charge in [0.15, 0.2) is 11.2 Å². The summed E-state index contributed by atoms with van der Waals surface area (Å²) in [5.41, 5.74) is -0.0487. The van der Waals surface area contributed by atoms with Crippen molar-refractivity contribution in [3.8, 4) is 0 Å². The highest BCUT2D eigenvalue weighted by molar-refractivity contribution is 7.98. The number of rotatable bonds is 6. The van der Waals surface area contributed by atoms with Gasteiger partial charge in [-0.3, -0.25) is 14.3 Å². The number of fused-ring (bicyclic) bond motifs is 1. The third-order valence-electron chi connectivity index (χ3n) is 4.02. The van der Waals surface area contributed by atoms with Crippen LogP contribution in [0.4, 0.5) is 4.39 Å². The van der Waals surface area contributed by atoms with Crippen molar-refractivity contribution in [1.82, 2.24) is 19.1 Å². The van der Waals surface area contributed by atoms with Gasteiger partial charge in [-0.25, -0.2) is 14.2 Å². The Balaban J connectivity index is 1.97. The highest BCUT2D eigenvalue weighted by Gasteiger charge is 2.16. The molecule has 3 aromatic rings. The molecule has 25 heavy (non-hydrogen) atoms. The number of imidazole rings is 1. The normalized spacial score (nSPS) is 11.3. The van der Waals surface area contributed by atoms with Crippen LogP contribution in [0.3, 0.4) is 0 Å². The largest absolute Gasteiger partial charge is 0.330 e. The topological polar surface area (TPSA) is 72.7 Å². The number of nitrogens with zero attached hydrogens (tertiary/aromatic N) is 3. The summed E-state index contributed by atoms with van der Waals surface area (Å²) in [5.74, 6) is 0.919. The van der Waals surface area contributed by atoms with E-state index in [9.17, 15) is 14.0 Å². The molecule has 0 atom stereocenters. The van der Waals surface area contributed by atoms with Gasteiger partial charge in [-0.2, -0.15) is 0 Å². The average Bonchev–Trinajstić information content (AvgIpc) is 2.91. The number of nitrogens with one attached hydrogen (secondary N) is 1. The number of thioether (sulfide) groups is 1. The second-order valence-corrected chi connectivity index (χ2v) is 6.82. The van der Waals surface area contributed by atoms with E-state index in [0.29, 0.717) is 29.3 Å². The lowest BCUT2D eigenvalue weighted by atomic mass is 10.3. The van der Waals surface area contributed by atoms with E-state index in [4.69, 9.17) is 0 Å². The molecular formula is C17H19FN4O2S. The molecule has 2 heterocycles. The van der Waals surface area contributed by atoms with Crippen LogP contribution in [0.1, 0.15) is 25.6 Å². The fraction of sp³-hybridized carbons (Fsp3) is 0.353. The van der Waals surface area contributed by atoms with Crippen molar-refractivity contribution in [2.75, 3.05) is 0 Å². The molecule has 6 nitrogen and oxygen atoms in total. The quantitative estimate of drug-likeness (QED) is 0.684. The van der Waals surface area contributed by atoms with Gasteiger partial charge < -0.3 is 4.57 Å². The standard InChI is InChI=1S/C17H19FN4O2S/c1-3-4-9-22-15-14(16(23)20-17(22)24)21(2)13(19-15)10-25-12-7-5-11(18)6-8-12/h5-8H,3-4,9-10H2,1-2H3,(H,20,23,24). The van der Waals surface area contributed by atoms with Crippen LogP contribution < -0.4 is 11.2 Å². The molecule has 0 spiro atoms.